The molecule has 3 heterocycles. The predicted octanol–water partition coefficient (Wildman–Crippen LogP) is 3.31. The lowest BCUT2D eigenvalue weighted by Gasteiger charge is -2.35. The number of aromatic nitrogens is 1. The van der Waals surface area contributed by atoms with Crippen molar-refractivity contribution in [2.75, 3.05) is 44.7 Å². The highest BCUT2D eigenvalue weighted by atomic mass is 16.6. The average molecular weight is 380 g/mol. The summed E-state index contributed by atoms with van der Waals surface area (Å²) >= 11 is 0. The topological polar surface area (TPSA) is 48.9 Å². The first-order chi connectivity index (χ1) is 13.7. The zero-order chi connectivity index (χ0) is 19.3. The fraction of sp³-hybridized carbons (Fsp3) is 0.455. The van der Waals surface area contributed by atoms with E-state index in [1.165, 1.54) is 0 Å². The molecule has 1 aromatic heterocycles. The Kier molecular flexibility index (Phi) is 5.76. The van der Waals surface area contributed by atoms with Crippen LogP contribution in [0.3, 0.4) is 0 Å². The summed E-state index contributed by atoms with van der Waals surface area (Å²) in [6.45, 7) is 5.03. The Labute approximate surface area is 166 Å². The number of hydrogen-bond donors (Lipinski definition) is 0. The molecule has 4 rings (SSSR count). The van der Waals surface area contributed by atoms with Crippen LogP contribution in [0.25, 0.3) is 0 Å². The van der Waals surface area contributed by atoms with Gasteiger partial charge in [-0.2, -0.15) is 0 Å². The summed E-state index contributed by atoms with van der Waals surface area (Å²) in [7, 11) is 2.15. The molecule has 0 radical (unpaired) electrons. The molecule has 2 aromatic rings. The third-order valence-corrected chi connectivity index (χ3v) is 5.67. The number of anilines is 1. The van der Waals surface area contributed by atoms with Gasteiger partial charge < -0.3 is 19.4 Å². The molecule has 0 spiro atoms. The number of amides is 1. The molecular formula is C22H28N4O2. The van der Waals surface area contributed by atoms with Crippen LogP contribution in [0.5, 0.6) is 0 Å². The van der Waals surface area contributed by atoms with Gasteiger partial charge in [0, 0.05) is 44.5 Å². The monoisotopic (exact) mass is 380 g/mol. The number of rotatable bonds is 4. The molecule has 2 fully saturated rings. The molecule has 6 nitrogen and oxygen atoms in total. The highest BCUT2D eigenvalue weighted by Gasteiger charge is 2.34. The van der Waals surface area contributed by atoms with Crippen molar-refractivity contribution in [2.24, 2.45) is 0 Å². The second-order valence-electron chi connectivity index (χ2n) is 7.60. The number of likely N-dealkylation sites (N-methyl/N-ethyl adjacent to an activating group) is 1. The number of carbonyl (C=O) groups is 1. The van der Waals surface area contributed by atoms with Gasteiger partial charge >= 0.3 is 6.09 Å². The fourth-order valence-electron chi connectivity index (χ4n) is 4.06. The summed E-state index contributed by atoms with van der Waals surface area (Å²) in [5.41, 5.74) is 2.15. The Hall–Kier alpha value is -2.60. The van der Waals surface area contributed by atoms with Crippen molar-refractivity contribution < 1.29 is 9.53 Å². The van der Waals surface area contributed by atoms with Gasteiger partial charge in [0.25, 0.3) is 0 Å². The van der Waals surface area contributed by atoms with Crippen LogP contribution >= 0.6 is 0 Å². The molecule has 1 amide bonds. The fourth-order valence-corrected chi connectivity index (χ4v) is 4.06. The maximum absolute atomic E-state index is 12.8. The molecule has 2 aliphatic rings. The van der Waals surface area contributed by atoms with Crippen molar-refractivity contribution in [1.29, 1.82) is 0 Å². The third kappa shape index (κ3) is 4.12. The van der Waals surface area contributed by atoms with Crippen molar-refractivity contribution in [2.45, 2.75) is 25.5 Å². The summed E-state index contributed by atoms with van der Waals surface area (Å²) in [4.78, 5) is 24.0. The Morgan fingerprint density at radius 1 is 1.07 bits per heavy atom. The van der Waals surface area contributed by atoms with Crippen LogP contribution in [0.2, 0.25) is 0 Å². The quantitative estimate of drug-likeness (QED) is 0.815. The predicted molar refractivity (Wildman–Crippen MR) is 109 cm³/mol. The first kappa shape index (κ1) is 18.7. The van der Waals surface area contributed by atoms with E-state index in [4.69, 9.17) is 4.74 Å². The lowest BCUT2D eigenvalue weighted by atomic mass is 10.0. The second kappa shape index (κ2) is 8.61. The normalized spacial score (nSPS) is 20.4. The van der Waals surface area contributed by atoms with Crippen LogP contribution < -0.4 is 4.90 Å². The lowest BCUT2D eigenvalue weighted by Crippen LogP contribution is -2.45. The smallest absolute Gasteiger partial charge is 0.410 e. The molecule has 0 saturated carbocycles. The molecule has 0 bridgehead atoms. The highest BCUT2D eigenvalue weighted by molar-refractivity contribution is 5.69. The highest BCUT2D eigenvalue weighted by Crippen LogP contribution is 2.37. The molecule has 148 valence electrons. The van der Waals surface area contributed by atoms with E-state index < -0.39 is 0 Å². The minimum absolute atomic E-state index is 0.0339. The van der Waals surface area contributed by atoms with E-state index in [-0.39, 0.29) is 12.1 Å². The maximum atomic E-state index is 12.8. The van der Waals surface area contributed by atoms with Crippen molar-refractivity contribution in [3.8, 4) is 0 Å². The van der Waals surface area contributed by atoms with Crippen LogP contribution in [0.4, 0.5) is 10.6 Å². The number of benzene rings is 1. The molecule has 6 heteroatoms. The standard InChI is InChI=1S/C22H28N4O2/c1-24-13-15-25(16-14-24)21-19(9-5-11-23-21)20-10-6-12-26(20)22(27)28-17-18-7-3-2-4-8-18/h2-5,7-9,11,20H,6,10,12-17H2,1H3/t20-/m0/s1. The lowest BCUT2D eigenvalue weighted by molar-refractivity contribution is 0.0921. The molecule has 1 aromatic carbocycles. The van der Waals surface area contributed by atoms with Crippen LogP contribution in [0.1, 0.15) is 30.0 Å². The molecule has 2 saturated heterocycles. The molecule has 0 unspecified atom stereocenters. The van der Waals surface area contributed by atoms with Gasteiger partial charge in [-0.05, 0) is 31.5 Å². The first-order valence-electron chi connectivity index (χ1n) is 10.1. The van der Waals surface area contributed by atoms with Crippen molar-refractivity contribution in [3.63, 3.8) is 0 Å². The van der Waals surface area contributed by atoms with Crippen LogP contribution in [-0.4, -0.2) is 60.6 Å². The van der Waals surface area contributed by atoms with E-state index in [0.29, 0.717) is 6.61 Å². The number of nitrogens with zero attached hydrogens (tertiary/aromatic N) is 4. The molecular weight excluding hydrogens is 352 g/mol. The average Bonchev–Trinajstić information content (AvgIpc) is 3.23. The van der Waals surface area contributed by atoms with Crippen LogP contribution in [0, 0.1) is 0 Å². The number of likely N-dealkylation sites (tertiary alicyclic amines) is 1. The maximum Gasteiger partial charge on any atom is 0.410 e. The van der Waals surface area contributed by atoms with E-state index in [0.717, 1.165) is 62.5 Å². The van der Waals surface area contributed by atoms with E-state index in [9.17, 15) is 4.79 Å². The van der Waals surface area contributed by atoms with Crippen molar-refractivity contribution in [1.82, 2.24) is 14.8 Å². The van der Waals surface area contributed by atoms with Gasteiger partial charge in [0.15, 0.2) is 0 Å². The first-order valence-corrected chi connectivity index (χ1v) is 10.1. The summed E-state index contributed by atoms with van der Waals surface area (Å²) in [5.74, 6) is 1.02. The Morgan fingerprint density at radius 2 is 1.86 bits per heavy atom. The SMILES string of the molecule is CN1CCN(c2ncccc2[C@@H]2CCCN2C(=O)OCc2ccccc2)CC1. The number of hydrogen-bond acceptors (Lipinski definition) is 5. The molecule has 0 aliphatic carbocycles. The Morgan fingerprint density at radius 3 is 2.64 bits per heavy atom. The molecule has 2 aliphatic heterocycles. The Balaban J connectivity index is 1.48. The Bertz CT molecular complexity index is 790. The summed E-state index contributed by atoms with van der Waals surface area (Å²) in [6.07, 6.45) is 3.55. The molecule has 0 N–H and O–H groups in total. The number of piperazine rings is 1. The zero-order valence-corrected chi connectivity index (χ0v) is 16.5. The van der Waals surface area contributed by atoms with Gasteiger partial charge in [-0.25, -0.2) is 9.78 Å². The van der Waals surface area contributed by atoms with Gasteiger partial charge in [-0.15, -0.1) is 0 Å². The van der Waals surface area contributed by atoms with Crippen LogP contribution in [-0.2, 0) is 11.3 Å². The van der Waals surface area contributed by atoms with Crippen molar-refractivity contribution >= 4 is 11.9 Å². The van der Waals surface area contributed by atoms with E-state index >= 15 is 0 Å². The number of carbonyl (C=O) groups excluding carboxylic acids is 1. The number of ether oxygens (including phenoxy) is 1. The number of pyridine rings is 1. The summed E-state index contributed by atoms with van der Waals surface area (Å²) in [5, 5.41) is 0. The summed E-state index contributed by atoms with van der Waals surface area (Å²) < 4.78 is 5.61. The third-order valence-electron chi connectivity index (χ3n) is 5.67. The largest absolute Gasteiger partial charge is 0.445 e. The zero-order valence-electron chi connectivity index (χ0n) is 16.5. The van der Waals surface area contributed by atoms with Crippen molar-refractivity contribution in [3.05, 3.63) is 59.8 Å². The van der Waals surface area contributed by atoms with E-state index in [1.54, 1.807) is 0 Å². The van der Waals surface area contributed by atoms with Gasteiger partial charge in [0.1, 0.15) is 12.4 Å². The minimum Gasteiger partial charge on any atom is -0.445 e. The van der Waals surface area contributed by atoms with Crippen LogP contribution in [0.15, 0.2) is 48.7 Å². The van der Waals surface area contributed by atoms with Gasteiger partial charge in [-0.1, -0.05) is 36.4 Å². The van der Waals surface area contributed by atoms with Gasteiger partial charge in [0.2, 0.25) is 0 Å². The van der Waals surface area contributed by atoms with Gasteiger partial charge in [0.05, 0.1) is 6.04 Å². The van der Waals surface area contributed by atoms with E-state index in [2.05, 4.69) is 27.9 Å². The molecule has 1 atom stereocenters. The van der Waals surface area contributed by atoms with Gasteiger partial charge in [-0.3, -0.25) is 0 Å². The molecule has 28 heavy (non-hydrogen) atoms. The summed E-state index contributed by atoms with van der Waals surface area (Å²) in [6, 6.07) is 14.0. The second-order valence-corrected chi connectivity index (χ2v) is 7.60. The minimum atomic E-state index is -0.237. The van der Waals surface area contributed by atoms with E-state index in [1.807, 2.05) is 47.5 Å².